The van der Waals surface area contributed by atoms with E-state index in [2.05, 4.69) is 10.6 Å². The molecule has 0 aliphatic heterocycles. The Balaban J connectivity index is 3.29. The van der Waals surface area contributed by atoms with Crippen LogP contribution in [0.25, 0.3) is 0 Å². The molecular formula is C13H15ClN2O4S. The third kappa shape index (κ3) is 4.17. The van der Waals surface area contributed by atoms with Crippen LogP contribution < -0.4 is 4.72 Å². The van der Waals surface area contributed by atoms with Crippen molar-refractivity contribution in [2.45, 2.75) is 37.6 Å². The standard InChI is InChI=1S/C13H15ClN2O4S/c1-4-6-10(5-2)15-21(19,20)13-8-12(16(17)18)11(14)7-9(13)3/h2,7-8,10,15H,4,6H2,1,3H3. The number of aryl methyl sites for hydroxylation is 1. The fraction of sp³-hybridized carbons (Fsp3) is 0.385. The van der Waals surface area contributed by atoms with E-state index in [0.29, 0.717) is 18.4 Å². The van der Waals surface area contributed by atoms with Gasteiger partial charge in [0.05, 0.1) is 15.9 Å². The summed E-state index contributed by atoms with van der Waals surface area (Å²) in [4.78, 5) is 9.94. The Bertz CT molecular complexity index is 695. The van der Waals surface area contributed by atoms with Crippen LogP contribution in [0.15, 0.2) is 17.0 Å². The molecule has 8 heteroatoms. The number of hydrogen-bond donors (Lipinski definition) is 1. The molecule has 0 saturated heterocycles. The number of nitro benzene ring substituents is 1. The second kappa shape index (κ2) is 6.89. The van der Waals surface area contributed by atoms with Gasteiger partial charge < -0.3 is 0 Å². The van der Waals surface area contributed by atoms with Gasteiger partial charge in [0.1, 0.15) is 5.02 Å². The minimum absolute atomic E-state index is 0.112. The molecule has 1 aromatic rings. The number of nitrogens with zero attached hydrogens (tertiary/aromatic N) is 1. The normalized spacial score (nSPS) is 12.7. The van der Waals surface area contributed by atoms with Crippen LogP contribution >= 0.6 is 11.6 Å². The quantitative estimate of drug-likeness (QED) is 0.493. The van der Waals surface area contributed by atoms with E-state index in [1.165, 1.54) is 13.0 Å². The lowest BCUT2D eigenvalue weighted by molar-refractivity contribution is -0.384. The summed E-state index contributed by atoms with van der Waals surface area (Å²) in [6, 6.07) is 1.53. The van der Waals surface area contributed by atoms with Gasteiger partial charge in [-0.3, -0.25) is 10.1 Å². The van der Waals surface area contributed by atoms with E-state index in [-0.39, 0.29) is 9.92 Å². The molecule has 6 nitrogen and oxygen atoms in total. The molecule has 0 saturated carbocycles. The molecule has 0 amide bonds. The lowest BCUT2D eigenvalue weighted by Gasteiger charge is -2.14. The molecule has 0 aliphatic rings. The zero-order valence-corrected chi connectivity index (χ0v) is 13.2. The Hall–Kier alpha value is -1.62. The summed E-state index contributed by atoms with van der Waals surface area (Å²) in [5, 5.41) is 10.8. The Morgan fingerprint density at radius 2 is 2.14 bits per heavy atom. The van der Waals surface area contributed by atoms with Gasteiger partial charge in [0.25, 0.3) is 5.69 Å². The van der Waals surface area contributed by atoms with Crippen molar-refractivity contribution in [1.29, 1.82) is 0 Å². The Morgan fingerprint density at radius 3 is 2.62 bits per heavy atom. The maximum Gasteiger partial charge on any atom is 0.289 e. The molecule has 0 radical (unpaired) electrons. The van der Waals surface area contributed by atoms with Crippen molar-refractivity contribution < 1.29 is 13.3 Å². The summed E-state index contributed by atoms with van der Waals surface area (Å²) in [6.07, 6.45) is 6.46. The van der Waals surface area contributed by atoms with Crippen molar-refractivity contribution in [3.8, 4) is 12.3 Å². The first-order valence-corrected chi connectivity index (χ1v) is 8.02. The zero-order chi connectivity index (χ0) is 16.2. The number of halogens is 1. The highest BCUT2D eigenvalue weighted by Crippen LogP contribution is 2.30. The molecule has 0 heterocycles. The van der Waals surface area contributed by atoms with Gasteiger partial charge in [-0.25, -0.2) is 8.42 Å². The highest BCUT2D eigenvalue weighted by molar-refractivity contribution is 7.89. The van der Waals surface area contributed by atoms with Crippen molar-refractivity contribution in [3.63, 3.8) is 0 Å². The van der Waals surface area contributed by atoms with E-state index in [1.54, 1.807) is 0 Å². The van der Waals surface area contributed by atoms with Gasteiger partial charge in [-0.2, -0.15) is 4.72 Å². The van der Waals surface area contributed by atoms with Gasteiger partial charge in [0.2, 0.25) is 10.0 Å². The number of nitrogens with one attached hydrogen (secondary N) is 1. The third-order valence-electron chi connectivity index (χ3n) is 2.81. The van der Waals surface area contributed by atoms with Crippen LogP contribution in [0.2, 0.25) is 5.02 Å². The van der Waals surface area contributed by atoms with E-state index in [9.17, 15) is 18.5 Å². The molecule has 1 unspecified atom stereocenters. The topological polar surface area (TPSA) is 89.3 Å². The Kier molecular flexibility index (Phi) is 5.72. The van der Waals surface area contributed by atoms with Crippen molar-refractivity contribution in [3.05, 3.63) is 32.8 Å². The van der Waals surface area contributed by atoms with E-state index in [0.717, 1.165) is 6.07 Å². The molecule has 0 aliphatic carbocycles. The Morgan fingerprint density at radius 1 is 1.52 bits per heavy atom. The Labute approximate surface area is 128 Å². The fourth-order valence-corrected chi connectivity index (χ4v) is 3.51. The number of nitro groups is 1. The lowest BCUT2D eigenvalue weighted by atomic mass is 10.2. The van der Waals surface area contributed by atoms with Crippen molar-refractivity contribution in [1.82, 2.24) is 4.72 Å². The predicted molar refractivity (Wildman–Crippen MR) is 80.7 cm³/mol. The second-order valence-electron chi connectivity index (χ2n) is 4.46. The first kappa shape index (κ1) is 17.4. The average molecular weight is 331 g/mol. The second-order valence-corrected chi connectivity index (χ2v) is 6.55. The van der Waals surface area contributed by atoms with Crippen LogP contribution in [0.5, 0.6) is 0 Å². The summed E-state index contributed by atoms with van der Waals surface area (Å²) >= 11 is 5.74. The van der Waals surface area contributed by atoms with E-state index >= 15 is 0 Å². The fourth-order valence-electron chi connectivity index (χ4n) is 1.79. The van der Waals surface area contributed by atoms with E-state index in [4.69, 9.17) is 18.0 Å². The van der Waals surface area contributed by atoms with Gasteiger partial charge in [-0.05, 0) is 25.0 Å². The molecule has 0 bridgehead atoms. The summed E-state index contributed by atoms with van der Waals surface area (Å²) in [5.41, 5.74) is -0.152. The van der Waals surface area contributed by atoms with Gasteiger partial charge in [-0.15, -0.1) is 6.42 Å². The third-order valence-corrected chi connectivity index (χ3v) is 4.72. The molecule has 114 valence electrons. The summed E-state index contributed by atoms with van der Waals surface area (Å²) in [6.45, 7) is 3.38. The van der Waals surface area contributed by atoms with Gasteiger partial charge >= 0.3 is 0 Å². The summed E-state index contributed by atoms with van der Waals surface area (Å²) in [7, 11) is -3.95. The van der Waals surface area contributed by atoms with Crippen LogP contribution in [0.3, 0.4) is 0 Å². The molecule has 1 atom stereocenters. The minimum Gasteiger partial charge on any atom is -0.258 e. The van der Waals surface area contributed by atoms with Gasteiger partial charge in [-0.1, -0.05) is 30.9 Å². The monoisotopic (exact) mass is 330 g/mol. The number of benzene rings is 1. The van der Waals surface area contributed by atoms with Crippen LogP contribution in [0.4, 0.5) is 5.69 Å². The first-order chi connectivity index (χ1) is 9.72. The number of sulfonamides is 1. The molecular weight excluding hydrogens is 316 g/mol. The highest BCUT2D eigenvalue weighted by Gasteiger charge is 2.25. The summed E-state index contributed by atoms with van der Waals surface area (Å²) in [5.74, 6) is 2.35. The molecule has 1 N–H and O–H groups in total. The zero-order valence-electron chi connectivity index (χ0n) is 11.6. The molecule has 0 aromatic heterocycles. The van der Waals surface area contributed by atoms with Crippen LogP contribution in [0, 0.1) is 29.4 Å². The van der Waals surface area contributed by atoms with Gasteiger partial charge in [0, 0.05) is 6.07 Å². The SMILES string of the molecule is C#CC(CCC)NS(=O)(=O)c1cc([N+](=O)[O-])c(Cl)cc1C. The molecule has 0 fully saturated rings. The smallest absolute Gasteiger partial charge is 0.258 e. The lowest BCUT2D eigenvalue weighted by Crippen LogP contribution is -2.34. The maximum atomic E-state index is 12.3. The van der Waals surface area contributed by atoms with Gasteiger partial charge in [0.15, 0.2) is 0 Å². The predicted octanol–water partition coefficient (Wildman–Crippen LogP) is 2.64. The largest absolute Gasteiger partial charge is 0.289 e. The molecule has 0 spiro atoms. The maximum absolute atomic E-state index is 12.3. The highest BCUT2D eigenvalue weighted by atomic mass is 35.5. The van der Waals surface area contributed by atoms with Crippen molar-refractivity contribution in [2.75, 3.05) is 0 Å². The number of rotatable bonds is 6. The van der Waals surface area contributed by atoms with Crippen LogP contribution in [0.1, 0.15) is 25.3 Å². The molecule has 1 rings (SSSR count). The van der Waals surface area contributed by atoms with Crippen LogP contribution in [-0.2, 0) is 10.0 Å². The van der Waals surface area contributed by atoms with Crippen molar-refractivity contribution >= 4 is 27.3 Å². The number of terminal acetylenes is 1. The first-order valence-electron chi connectivity index (χ1n) is 6.16. The summed E-state index contributed by atoms with van der Waals surface area (Å²) < 4.78 is 27.0. The number of hydrogen-bond acceptors (Lipinski definition) is 4. The van der Waals surface area contributed by atoms with Crippen molar-refractivity contribution in [2.24, 2.45) is 0 Å². The minimum atomic E-state index is -3.95. The van der Waals surface area contributed by atoms with E-state index < -0.39 is 26.7 Å². The van der Waals surface area contributed by atoms with E-state index in [1.807, 2.05) is 6.92 Å². The molecule has 1 aromatic carbocycles. The van der Waals surface area contributed by atoms with Crippen LogP contribution in [-0.4, -0.2) is 19.4 Å². The molecule has 21 heavy (non-hydrogen) atoms. The average Bonchev–Trinajstić information content (AvgIpc) is 2.37.